The Balaban J connectivity index is 2.21. The first-order valence-corrected chi connectivity index (χ1v) is 4.73. The van der Waals surface area contributed by atoms with E-state index in [4.69, 9.17) is 5.26 Å². The van der Waals surface area contributed by atoms with Crippen LogP contribution in [0.3, 0.4) is 0 Å². The van der Waals surface area contributed by atoms with Gasteiger partial charge in [-0.3, -0.25) is 0 Å². The van der Waals surface area contributed by atoms with Crippen LogP contribution in [0.1, 0.15) is 26.7 Å². The van der Waals surface area contributed by atoms with Crippen LogP contribution in [0.2, 0.25) is 0 Å². The van der Waals surface area contributed by atoms with Crippen molar-refractivity contribution < 1.29 is 0 Å². The van der Waals surface area contributed by atoms with Crippen molar-refractivity contribution in [1.29, 1.82) is 5.26 Å². The second-order valence-corrected chi connectivity index (χ2v) is 4.20. The molecule has 0 heterocycles. The summed E-state index contributed by atoms with van der Waals surface area (Å²) >= 11 is 0. The maximum Gasteiger partial charge on any atom is 0.0666 e. The highest BCUT2D eigenvalue weighted by molar-refractivity contribution is 4.87. The molecule has 0 radical (unpaired) electrons. The Bertz CT molecular complexity index is 177. The predicted octanol–water partition coefficient (Wildman–Crippen LogP) is 1.88. The fraction of sp³-hybridized carbons (Fsp3) is 0.900. The lowest BCUT2D eigenvalue weighted by Gasteiger charge is -2.40. The third-order valence-corrected chi connectivity index (χ3v) is 2.75. The van der Waals surface area contributed by atoms with E-state index in [0.29, 0.717) is 0 Å². The largest absolute Gasteiger partial charge is 0.302 e. The first-order valence-electron chi connectivity index (χ1n) is 4.73. The molecule has 1 saturated carbocycles. The van der Waals surface area contributed by atoms with Gasteiger partial charge in [0, 0.05) is 12.6 Å². The molecule has 2 nitrogen and oxygen atoms in total. The molecule has 1 atom stereocenters. The Labute approximate surface area is 75.2 Å². The van der Waals surface area contributed by atoms with Gasteiger partial charge in [0.1, 0.15) is 0 Å². The van der Waals surface area contributed by atoms with E-state index in [1.807, 2.05) is 6.92 Å². The van der Waals surface area contributed by atoms with Crippen molar-refractivity contribution in [1.82, 2.24) is 4.90 Å². The van der Waals surface area contributed by atoms with E-state index in [9.17, 15) is 0 Å². The molecule has 0 aromatic heterocycles. The number of nitriles is 1. The molecular weight excluding hydrogens is 148 g/mol. The van der Waals surface area contributed by atoms with Gasteiger partial charge in [0.2, 0.25) is 0 Å². The number of hydrogen-bond acceptors (Lipinski definition) is 2. The Hall–Kier alpha value is -0.550. The molecule has 1 fully saturated rings. The van der Waals surface area contributed by atoms with Gasteiger partial charge in [0.15, 0.2) is 0 Å². The number of rotatable bonds is 3. The van der Waals surface area contributed by atoms with E-state index < -0.39 is 0 Å². The average Bonchev–Trinajstić information content (AvgIpc) is 1.98. The van der Waals surface area contributed by atoms with Crippen LogP contribution < -0.4 is 0 Å². The van der Waals surface area contributed by atoms with Crippen molar-refractivity contribution in [3.05, 3.63) is 0 Å². The minimum Gasteiger partial charge on any atom is -0.302 e. The highest BCUT2D eigenvalue weighted by Crippen LogP contribution is 2.30. The van der Waals surface area contributed by atoms with E-state index in [1.54, 1.807) is 0 Å². The van der Waals surface area contributed by atoms with Crippen LogP contribution in [0.4, 0.5) is 0 Å². The fourth-order valence-electron chi connectivity index (χ4n) is 1.84. The Morgan fingerprint density at radius 3 is 2.58 bits per heavy atom. The zero-order valence-corrected chi connectivity index (χ0v) is 8.25. The highest BCUT2D eigenvalue weighted by atomic mass is 15.1. The molecule has 1 aliphatic rings. The first-order chi connectivity index (χ1) is 5.63. The van der Waals surface area contributed by atoms with Crippen LogP contribution in [-0.2, 0) is 0 Å². The minimum atomic E-state index is 0.172. The lowest BCUT2D eigenvalue weighted by molar-refractivity contribution is 0.104. The smallest absolute Gasteiger partial charge is 0.0666 e. The van der Waals surface area contributed by atoms with Gasteiger partial charge in [-0.05, 0) is 32.7 Å². The second kappa shape index (κ2) is 3.91. The summed E-state index contributed by atoms with van der Waals surface area (Å²) in [5.41, 5.74) is 0. The highest BCUT2D eigenvalue weighted by Gasteiger charge is 2.28. The van der Waals surface area contributed by atoms with E-state index in [-0.39, 0.29) is 5.92 Å². The molecule has 0 aliphatic heterocycles. The lowest BCUT2D eigenvalue weighted by Crippen LogP contribution is -2.43. The average molecular weight is 166 g/mol. The topological polar surface area (TPSA) is 27.0 Å². The van der Waals surface area contributed by atoms with Gasteiger partial charge < -0.3 is 4.90 Å². The maximum atomic E-state index is 8.63. The fourth-order valence-corrected chi connectivity index (χ4v) is 1.84. The molecule has 12 heavy (non-hydrogen) atoms. The van der Waals surface area contributed by atoms with E-state index in [1.165, 1.54) is 12.8 Å². The first kappa shape index (κ1) is 9.54. The van der Waals surface area contributed by atoms with Crippen LogP contribution in [0.15, 0.2) is 0 Å². The SMILES string of the molecule is CC(C#N)CN(C)C1CC(C)C1. The molecule has 0 N–H and O–H groups in total. The van der Waals surface area contributed by atoms with Crippen molar-refractivity contribution in [3.8, 4) is 6.07 Å². The zero-order chi connectivity index (χ0) is 9.14. The maximum absolute atomic E-state index is 8.63. The molecule has 1 rings (SSSR count). The van der Waals surface area contributed by atoms with Crippen LogP contribution in [-0.4, -0.2) is 24.5 Å². The predicted molar refractivity (Wildman–Crippen MR) is 49.6 cm³/mol. The summed E-state index contributed by atoms with van der Waals surface area (Å²) in [7, 11) is 2.13. The van der Waals surface area contributed by atoms with Crippen LogP contribution in [0.25, 0.3) is 0 Å². The van der Waals surface area contributed by atoms with Crippen molar-refractivity contribution >= 4 is 0 Å². The van der Waals surface area contributed by atoms with Crippen molar-refractivity contribution in [2.75, 3.05) is 13.6 Å². The Morgan fingerprint density at radius 1 is 1.58 bits per heavy atom. The molecule has 1 aliphatic carbocycles. The van der Waals surface area contributed by atoms with Gasteiger partial charge in [0.05, 0.1) is 12.0 Å². The van der Waals surface area contributed by atoms with Crippen LogP contribution >= 0.6 is 0 Å². The van der Waals surface area contributed by atoms with Gasteiger partial charge in [-0.2, -0.15) is 5.26 Å². The summed E-state index contributed by atoms with van der Waals surface area (Å²) in [4.78, 5) is 2.33. The summed E-state index contributed by atoms with van der Waals surface area (Å²) in [6, 6.07) is 3.01. The molecule has 0 saturated heterocycles. The van der Waals surface area contributed by atoms with Crippen molar-refractivity contribution in [3.63, 3.8) is 0 Å². The quantitative estimate of drug-likeness (QED) is 0.640. The number of hydrogen-bond donors (Lipinski definition) is 0. The van der Waals surface area contributed by atoms with Crippen LogP contribution in [0.5, 0.6) is 0 Å². The molecule has 1 unspecified atom stereocenters. The van der Waals surface area contributed by atoms with E-state index in [2.05, 4.69) is 24.9 Å². The third-order valence-electron chi connectivity index (χ3n) is 2.75. The van der Waals surface area contributed by atoms with E-state index >= 15 is 0 Å². The molecule has 0 amide bonds. The van der Waals surface area contributed by atoms with Crippen molar-refractivity contribution in [2.24, 2.45) is 11.8 Å². The summed E-state index contributed by atoms with van der Waals surface area (Å²) in [5, 5.41) is 8.63. The Kier molecular flexibility index (Phi) is 3.11. The molecule has 68 valence electrons. The molecule has 0 spiro atoms. The normalized spacial score (nSPS) is 30.9. The standard InChI is InChI=1S/C10H18N2/c1-8-4-10(5-8)12(3)7-9(2)6-11/h8-10H,4-5,7H2,1-3H3. The van der Waals surface area contributed by atoms with Gasteiger partial charge in [0.25, 0.3) is 0 Å². The molecule has 0 aromatic carbocycles. The van der Waals surface area contributed by atoms with Crippen molar-refractivity contribution in [2.45, 2.75) is 32.7 Å². The summed E-state index contributed by atoms with van der Waals surface area (Å²) < 4.78 is 0. The third kappa shape index (κ3) is 2.22. The molecule has 0 bridgehead atoms. The van der Waals surface area contributed by atoms with Gasteiger partial charge in [-0.25, -0.2) is 0 Å². The second-order valence-electron chi connectivity index (χ2n) is 4.20. The lowest BCUT2D eigenvalue weighted by atomic mass is 9.81. The summed E-state index contributed by atoms with van der Waals surface area (Å²) in [5.74, 6) is 1.07. The van der Waals surface area contributed by atoms with Gasteiger partial charge in [-0.15, -0.1) is 0 Å². The van der Waals surface area contributed by atoms with Gasteiger partial charge in [-0.1, -0.05) is 6.92 Å². The van der Waals surface area contributed by atoms with Gasteiger partial charge >= 0.3 is 0 Å². The zero-order valence-electron chi connectivity index (χ0n) is 8.25. The van der Waals surface area contributed by atoms with Crippen LogP contribution in [0, 0.1) is 23.2 Å². The molecule has 0 aromatic rings. The Morgan fingerprint density at radius 2 is 2.17 bits per heavy atom. The molecule has 2 heteroatoms. The number of nitrogens with zero attached hydrogens (tertiary/aromatic N) is 2. The summed E-state index contributed by atoms with van der Waals surface area (Å²) in [6.45, 7) is 5.20. The minimum absolute atomic E-state index is 0.172. The monoisotopic (exact) mass is 166 g/mol. The molecular formula is C10H18N2. The summed E-state index contributed by atoms with van der Waals surface area (Å²) in [6.07, 6.45) is 2.63. The van der Waals surface area contributed by atoms with E-state index in [0.717, 1.165) is 18.5 Å².